The van der Waals surface area contributed by atoms with Crippen molar-refractivity contribution < 1.29 is 14.3 Å². The molecule has 0 heterocycles. The van der Waals surface area contributed by atoms with E-state index < -0.39 is 5.97 Å². The molecule has 0 fully saturated rings. The average molecular weight is 416 g/mol. The summed E-state index contributed by atoms with van der Waals surface area (Å²) in [6.07, 6.45) is 0. The van der Waals surface area contributed by atoms with Crippen molar-refractivity contribution in [3.63, 3.8) is 0 Å². The van der Waals surface area contributed by atoms with E-state index in [1.807, 2.05) is 42.5 Å². The molecule has 0 saturated heterocycles. The number of rotatable bonds is 6. The van der Waals surface area contributed by atoms with Gasteiger partial charge in [0.05, 0.1) is 10.0 Å². The van der Waals surface area contributed by atoms with Crippen LogP contribution in [0.1, 0.15) is 18.1 Å². The minimum atomic E-state index is -0.442. The van der Waals surface area contributed by atoms with E-state index in [-0.39, 0.29) is 5.02 Å². The monoisotopic (exact) mass is 415 g/mol. The summed E-state index contributed by atoms with van der Waals surface area (Å²) in [4.78, 5) is 11.2. The lowest BCUT2D eigenvalue weighted by atomic mass is 10.2. The van der Waals surface area contributed by atoms with Crippen LogP contribution in [0.15, 0.2) is 60.7 Å². The molecule has 0 aliphatic carbocycles. The topological polar surface area (TPSA) is 47.6 Å². The van der Waals surface area contributed by atoms with Gasteiger partial charge in [0.25, 0.3) is 0 Å². The van der Waals surface area contributed by atoms with Gasteiger partial charge >= 0.3 is 5.97 Å². The highest BCUT2D eigenvalue weighted by Crippen LogP contribution is 2.42. The van der Waals surface area contributed by atoms with Gasteiger partial charge in [0.2, 0.25) is 0 Å². The van der Waals surface area contributed by atoms with Gasteiger partial charge in [-0.25, -0.2) is 0 Å². The maximum Gasteiger partial charge on any atom is 0.308 e. The number of esters is 1. The van der Waals surface area contributed by atoms with Gasteiger partial charge in [-0.05, 0) is 36.8 Å². The molecule has 0 aliphatic rings. The molecule has 0 amide bonds. The van der Waals surface area contributed by atoms with Crippen LogP contribution in [0, 0.1) is 6.92 Å². The van der Waals surface area contributed by atoms with Crippen LogP contribution in [-0.4, -0.2) is 5.97 Å². The van der Waals surface area contributed by atoms with Gasteiger partial charge in [-0.15, -0.1) is 0 Å². The van der Waals surface area contributed by atoms with Crippen molar-refractivity contribution >= 4 is 34.9 Å². The molecule has 3 aromatic rings. The van der Waals surface area contributed by atoms with E-state index in [2.05, 4.69) is 17.4 Å². The minimum absolute atomic E-state index is 0.262. The first-order chi connectivity index (χ1) is 13.4. The van der Waals surface area contributed by atoms with Crippen LogP contribution >= 0.6 is 23.2 Å². The SMILES string of the molecule is CC(=O)Oc1cc(Cl)c(Oc2ccc(NCc3ccccc3)cc2)c(Cl)c1C. The van der Waals surface area contributed by atoms with Crippen molar-refractivity contribution in [3.05, 3.63) is 81.8 Å². The summed E-state index contributed by atoms with van der Waals surface area (Å²) in [6.45, 7) is 3.79. The highest BCUT2D eigenvalue weighted by molar-refractivity contribution is 6.38. The standard InChI is InChI=1S/C22H19Cl2NO3/c1-14-20(27-15(2)26)12-19(23)22(21(14)24)28-18-10-8-17(9-11-18)25-13-16-6-4-3-5-7-16/h3-12,25H,13H2,1-2H3. The molecule has 0 atom stereocenters. The second-order valence-corrected chi connectivity index (χ2v) is 6.97. The molecule has 3 rings (SSSR count). The Bertz CT molecular complexity index is 973. The lowest BCUT2D eigenvalue weighted by Crippen LogP contribution is -2.03. The van der Waals surface area contributed by atoms with Crippen molar-refractivity contribution in [2.75, 3.05) is 5.32 Å². The third-order valence-corrected chi connectivity index (χ3v) is 4.78. The van der Waals surface area contributed by atoms with E-state index in [1.54, 1.807) is 6.92 Å². The van der Waals surface area contributed by atoms with Crippen molar-refractivity contribution in [2.24, 2.45) is 0 Å². The van der Waals surface area contributed by atoms with Gasteiger partial charge in [-0.1, -0.05) is 53.5 Å². The highest BCUT2D eigenvalue weighted by atomic mass is 35.5. The molecule has 0 radical (unpaired) electrons. The van der Waals surface area contributed by atoms with Crippen molar-refractivity contribution in [3.8, 4) is 17.2 Å². The molecule has 0 bridgehead atoms. The fourth-order valence-corrected chi connectivity index (χ4v) is 3.10. The number of nitrogens with one attached hydrogen (secondary N) is 1. The maximum absolute atomic E-state index is 11.2. The summed E-state index contributed by atoms with van der Waals surface area (Å²) in [5.74, 6) is 0.785. The molecule has 0 spiro atoms. The highest BCUT2D eigenvalue weighted by Gasteiger charge is 2.17. The summed E-state index contributed by atoms with van der Waals surface area (Å²) in [7, 11) is 0. The predicted molar refractivity (Wildman–Crippen MR) is 113 cm³/mol. The smallest absolute Gasteiger partial charge is 0.308 e. The summed E-state index contributed by atoms with van der Waals surface area (Å²) < 4.78 is 11.0. The molecule has 1 N–H and O–H groups in total. The fraction of sp³-hybridized carbons (Fsp3) is 0.136. The second kappa shape index (κ2) is 9.00. The van der Waals surface area contributed by atoms with Gasteiger partial charge in [-0.2, -0.15) is 0 Å². The molecule has 0 saturated carbocycles. The lowest BCUT2D eigenvalue weighted by molar-refractivity contribution is -0.131. The molecule has 4 nitrogen and oxygen atoms in total. The van der Waals surface area contributed by atoms with E-state index in [1.165, 1.54) is 18.6 Å². The molecular formula is C22H19Cl2NO3. The lowest BCUT2D eigenvalue weighted by Gasteiger charge is -2.15. The number of halogens is 2. The van der Waals surface area contributed by atoms with Crippen LogP contribution in [0.3, 0.4) is 0 Å². The Balaban J connectivity index is 1.71. The summed E-state index contributed by atoms with van der Waals surface area (Å²) >= 11 is 12.6. The predicted octanol–water partition coefficient (Wildman–Crippen LogP) is 6.63. The van der Waals surface area contributed by atoms with E-state index in [0.29, 0.717) is 27.8 Å². The fourth-order valence-electron chi connectivity index (χ4n) is 2.59. The number of anilines is 1. The van der Waals surface area contributed by atoms with Crippen molar-refractivity contribution in [1.29, 1.82) is 0 Å². The Labute approximate surface area is 174 Å². The molecule has 6 heteroatoms. The van der Waals surface area contributed by atoms with Crippen molar-refractivity contribution in [1.82, 2.24) is 0 Å². The van der Waals surface area contributed by atoms with Crippen molar-refractivity contribution in [2.45, 2.75) is 20.4 Å². The molecule has 144 valence electrons. The van der Waals surface area contributed by atoms with E-state index in [0.717, 1.165) is 12.2 Å². The molecule has 0 aliphatic heterocycles. The zero-order valence-electron chi connectivity index (χ0n) is 15.5. The van der Waals surface area contributed by atoms with Crippen LogP contribution in [0.2, 0.25) is 10.0 Å². The van der Waals surface area contributed by atoms with E-state index in [9.17, 15) is 4.79 Å². The summed E-state index contributed by atoms with van der Waals surface area (Å²) in [6, 6.07) is 19.2. The molecule has 3 aromatic carbocycles. The first kappa shape index (κ1) is 20.1. The maximum atomic E-state index is 11.2. The minimum Gasteiger partial charge on any atom is -0.454 e. The van der Waals surface area contributed by atoms with Gasteiger partial charge in [0.1, 0.15) is 11.5 Å². The third-order valence-electron chi connectivity index (χ3n) is 4.04. The Hall–Kier alpha value is -2.69. The first-order valence-corrected chi connectivity index (χ1v) is 9.42. The van der Waals surface area contributed by atoms with Gasteiger partial charge < -0.3 is 14.8 Å². The van der Waals surface area contributed by atoms with Crippen LogP contribution in [0.25, 0.3) is 0 Å². The number of carbonyl (C=O) groups is 1. The van der Waals surface area contributed by atoms with Crippen LogP contribution < -0.4 is 14.8 Å². The second-order valence-electron chi connectivity index (χ2n) is 6.18. The van der Waals surface area contributed by atoms with Gasteiger partial charge in [0, 0.05) is 30.8 Å². The van der Waals surface area contributed by atoms with Gasteiger partial charge in [0.15, 0.2) is 5.75 Å². The molecular weight excluding hydrogens is 397 g/mol. The Morgan fingerprint density at radius 1 is 1.04 bits per heavy atom. The van der Waals surface area contributed by atoms with E-state index in [4.69, 9.17) is 32.7 Å². The number of hydrogen-bond acceptors (Lipinski definition) is 4. The van der Waals surface area contributed by atoms with Crippen LogP contribution in [-0.2, 0) is 11.3 Å². The molecule has 28 heavy (non-hydrogen) atoms. The Kier molecular flexibility index (Phi) is 6.45. The number of carbonyl (C=O) groups excluding carboxylic acids is 1. The number of hydrogen-bond donors (Lipinski definition) is 1. The molecule has 0 aromatic heterocycles. The van der Waals surface area contributed by atoms with Crippen LogP contribution in [0.4, 0.5) is 5.69 Å². The summed E-state index contributed by atoms with van der Waals surface area (Å²) in [5, 5.41) is 3.92. The first-order valence-electron chi connectivity index (χ1n) is 8.67. The zero-order chi connectivity index (χ0) is 20.1. The zero-order valence-corrected chi connectivity index (χ0v) is 17.0. The third kappa shape index (κ3) is 4.97. The quantitative estimate of drug-likeness (QED) is 0.362. The Morgan fingerprint density at radius 2 is 1.71 bits per heavy atom. The van der Waals surface area contributed by atoms with Crippen LogP contribution in [0.5, 0.6) is 17.2 Å². The number of benzene rings is 3. The largest absolute Gasteiger partial charge is 0.454 e. The summed E-state index contributed by atoms with van der Waals surface area (Å²) in [5.41, 5.74) is 2.75. The Morgan fingerprint density at radius 3 is 2.36 bits per heavy atom. The van der Waals surface area contributed by atoms with Gasteiger partial charge in [-0.3, -0.25) is 4.79 Å². The normalized spacial score (nSPS) is 10.4. The average Bonchev–Trinajstić information content (AvgIpc) is 2.69. The van der Waals surface area contributed by atoms with E-state index >= 15 is 0 Å². The number of ether oxygens (including phenoxy) is 2. The molecule has 0 unspecified atom stereocenters.